The van der Waals surface area contributed by atoms with Crippen molar-refractivity contribution in [3.63, 3.8) is 0 Å². The molecule has 0 radical (unpaired) electrons. The lowest BCUT2D eigenvalue weighted by Crippen LogP contribution is -2.37. The number of nitrogens with one attached hydrogen (secondary N) is 1. The summed E-state index contributed by atoms with van der Waals surface area (Å²) in [5.74, 6) is -0.776. The average Bonchev–Trinajstić information content (AvgIpc) is 2.69. The highest BCUT2D eigenvalue weighted by molar-refractivity contribution is 6.08. The molecule has 1 aliphatic rings. The summed E-state index contributed by atoms with van der Waals surface area (Å²) in [6.07, 6.45) is 1.47. The topological polar surface area (TPSA) is 75.2 Å². The molecule has 1 aliphatic heterocycles. The van der Waals surface area contributed by atoms with Crippen molar-refractivity contribution in [3.8, 4) is 0 Å². The number of carbonyl (C=O) groups is 1. The Morgan fingerprint density at radius 2 is 2.00 bits per heavy atom. The highest BCUT2D eigenvalue weighted by atomic mass is 19.1. The van der Waals surface area contributed by atoms with Gasteiger partial charge in [-0.25, -0.2) is 9.18 Å². The molecule has 0 saturated heterocycles. The summed E-state index contributed by atoms with van der Waals surface area (Å²) in [6.45, 7) is 4.29. The van der Waals surface area contributed by atoms with Crippen LogP contribution in [0.1, 0.15) is 34.8 Å². The third-order valence-electron chi connectivity index (χ3n) is 5.34. The van der Waals surface area contributed by atoms with Gasteiger partial charge in [0.2, 0.25) is 0 Å². The first-order valence-corrected chi connectivity index (χ1v) is 9.29. The molecule has 1 aromatic heterocycles. The third kappa shape index (κ3) is 2.74. The SMILES string of the molecule is CCn1c(=O)[nH]c2cc(C(=O)N3CCCc4c(C)ccc(F)c43)ccc2c1=O. The van der Waals surface area contributed by atoms with Gasteiger partial charge in [0.05, 0.1) is 16.6 Å². The summed E-state index contributed by atoms with van der Waals surface area (Å²) >= 11 is 0. The summed E-state index contributed by atoms with van der Waals surface area (Å²) in [6, 6.07) is 7.67. The maximum atomic E-state index is 14.5. The number of fused-ring (bicyclic) bond motifs is 2. The minimum Gasteiger partial charge on any atom is -0.307 e. The highest BCUT2D eigenvalue weighted by Crippen LogP contribution is 2.33. The van der Waals surface area contributed by atoms with E-state index in [2.05, 4.69) is 4.98 Å². The molecule has 1 N–H and O–H groups in total. The first-order valence-electron chi connectivity index (χ1n) is 9.29. The molecule has 0 unspecified atom stereocenters. The molecule has 144 valence electrons. The van der Waals surface area contributed by atoms with Crippen molar-refractivity contribution in [2.45, 2.75) is 33.2 Å². The van der Waals surface area contributed by atoms with Crippen molar-refractivity contribution < 1.29 is 9.18 Å². The molecule has 3 aromatic rings. The number of halogens is 1. The zero-order valence-corrected chi connectivity index (χ0v) is 15.7. The Morgan fingerprint density at radius 1 is 1.21 bits per heavy atom. The van der Waals surface area contributed by atoms with Crippen LogP contribution < -0.4 is 16.1 Å². The van der Waals surface area contributed by atoms with Crippen molar-refractivity contribution >= 4 is 22.5 Å². The standard InChI is InChI=1S/C21H20FN3O3/c1-3-24-20(27)15-8-7-13(11-17(15)23-21(24)28)19(26)25-10-4-5-14-12(2)6-9-16(22)18(14)25/h6-9,11H,3-5,10H2,1-2H3,(H,23,28). The molecule has 7 heteroatoms. The van der Waals surface area contributed by atoms with Gasteiger partial charge in [-0.2, -0.15) is 0 Å². The predicted octanol–water partition coefficient (Wildman–Crippen LogP) is 2.75. The largest absolute Gasteiger partial charge is 0.328 e. The maximum absolute atomic E-state index is 14.5. The van der Waals surface area contributed by atoms with E-state index in [9.17, 15) is 18.8 Å². The maximum Gasteiger partial charge on any atom is 0.328 e. The Hall–Kier alpha value is -3.22. The number of hydrogen-bond acceptors (Lipinski definition) is 3. The molecule has 6 nitrogen and oxygen atoms in total. The van der Waals surface area contributed by atoms with E-state index in [-0.39, 0.29) is 12.5 Å². The number of hydrogen-bond donors (Lipinski definition) is 1. The fourth-order valence-electron chi connectivity index (χ4n) is 3.88. The summed E-state index contributed by atoms with van der Waals surface area (Å²) < 4.78 is 15.6. The Morgan fingerprint density at radius 3 is 2.75 bits per heavy atom. The van der Waals surface area contributed by atoms with Crippen LogP contribution in [0.15, 0.2) is 39.9 Å². The third-order valence-corrected chi connectivity index (χ3v) is 5.34. The fourth-order valence-corrected chi connectivity index (χ4v) is 3.88. The van der Waals surface area contributed by atoms with Gasteiger partial charge in [-0.05, 0) is 62.1 Å². The number of aryl methyl sites for hydroxylation is 1. The molecule has 1 amide bonds. The van der Waals surface area contributed by atoms with Gasteiger partial charge < -0.3 is 9.88 Å². The molecule has 0 aliphatic carbocycles. The Bertz CT molecular complexity index is 1230. The lowest BCUT2D eigenvalue weighted by molar-refractivity contribution is 0.0984. The van der Waals surface area contributed by atoms with Gasteiger partial charge in [0.1, 0.15) is 5.82 Å². The monoisotopic (exact) mass is 381 g/mol. The van der Waals surface area contributed by atoms with Crippen LogP contribution in [-0.2, 0) is 13.0 Å². The number of H-pyrrole nitrogens is 1. The molecule has 0 spiro atoms. The molecule has 2 aromatic carbocycles. The molecule has 0 saturated carbocycles. The van der Waals surface area contributed by atoms with Crippen molar-refractivity contribution in [2.24, 2.45) is 0 Å². The fraction of sp³-hybridized carbons (Fsp3) is 0.286. The van der Waals surface area contributed by atoms with Crippen LogP contribution in [0.25, 0.3) is 10.9 Å². The summed E-state index contributed by atoms with van der Waals surface area (Å²) in [5.41, 5.74) is 1.81. The number of aromatic nitrogens is 2. The number of amides is 1. The highest BCUT2D eigenvalue weighted by Gasteiger charge is 2.28. The first kappa shape index (κ1) is 18.2. The lowest BCUT2D eigenvalue weighted by atomic mass is 9.96. The summed E-state index contributed by atoms with van der Waals surface area (Å²) in [7, 11) is 0. The molecule has 0 atom stereocenters. The number of benzene rings is 2. The van der Waals surface area contributed by atoms with Crippen LogP contribution in [0.2, 0.25) is 0 Å². The predicted molar refractivity (Wildman–Crippen MR) is 106 cm³/mol. The summed E-state index contributed by atoms with van der Waals surface area (Å²) in [4.78, 5) is 41.7. The van der Waals surface area contributed by atoms with E-state index in [0.29, 0.717) is 28.7 Å². The molecular formula is C21H20FN3O3. The van der Waals surface area contributed by atoms with Gasteiger partial charge in [0.25, 0.3) is 11.5 Å². The Labute approximate surface area is 160 Å². The van der Waals surface area contributed by atoms with Gasteiger partial charge in [0.15, 0.2) is 0 Å². The van der Waals surface area contributed by atoms with Crippen LogP contribution in [0.5, 0.6) is 0 Å². The molecule has 2 heterocycles. The number of rotatable bonds is 2. The second kappa shape index (κ2) is 6.74. The van der Waals surface area contributed by atoms with Gasteiger partial charge in [-0.15, -0.1) is 0 Å². The Balaban J connectivity index is 1.82. The zero-order chi connectivity index (χ0) is 20.0. The van der Waals surface area contributed by atoms with Crippen LogP contribution in [0, 0.1) is 12.7 Å². The van der Waals surface area contributed by atoms with E-state index in [0.717, 1.165) is 28.5 Å². The lowest BCUT2D eigenvalue weighted by Gasteiger charge is -2.31. The van der Waals surface area contributed by atoms with E-state index >= 15 is 0 Å². The molecule has 28 heavy (non-hydrogen) atoms. The van der Waals surface area contributed by atoms with Gasteiger partial charge in [-0.1, -0.05) is 6.07 Å². The second-order valence-electron chi connectivity index (χ2n) is 6.99. The molecule has 4 rings (SSSR count). The van der Waals surface area contributed by atoms with Crippen molar-refractivity contribution in [3.05, 3.63) is 73.7 Å². The average molecular weight is 381 g/mol. The first-order chi connectivity index (χ1) is 13.4. The van der Waals surface area contributed by atoms with Crippen molar-refractivity contribution in [1.29, 1.82) is 0 Å². The Kier molecular flexibility index (Phi) is 4.37. The number of nitrogens with zero attached hydrogens (tertiary/aromatic N) is 2. The molecular weight excluding hydrogens is 361 g/mol. The van der Waals surface area contributed by atoms with E-state index in [4.69, 9.17) is 0 Å². The van der Waals surface area contributed by atoms with Crippen molar-refractivity contribution in [2.75, 3.05) is 11.4 Å². The van der Waals surface area contributed by atoms with Crippen LogP contribution in [0.3, 0.4) is 0 Å². The quantitative estimate of drug-likeness (QED) is 0.742. The van der Waals surface area contributed by atoms with E-state index in [1.165, 1.54) is 23.1 Å². The van der Waals surface area contributed by atoms with Crippen LogP contribution in [0.4, 0.5) is 10.1 Å². The van der Waals surface area contributed by atoms with E-state index < -0.39 is 17.1 Å². The van der Waals surface area contributed by atoms with Gasteiger partial charge >= 0.3 is 5.69 Å². The van der Waals surface area contributed by atoms with E-state index in [1.54, 1.807) is 19.1 Å². The van der Waals surface area contributed by atoms with Crippen LogP contribution >= 0.6 is 0 Å². The van der Waals surface area contributed by atoms with Crippen LogP contribution in [-0.4, -0.2) is 22.0 Å². The summed E-state index contributed by atoms with van der Waals surface area (Å²) in [5, 5.41) is 0.332. The van der Waals surface area contributed by atoms with Crippen molar-refractivity contribution in [1.82, 2.24) is 9.55 Å². The normalized spacial score (nSPS) is 13.6. The van der Waals surface area contributed by atoms with Gasteiger partial charge in [-0.3, -0.25) is 14.2 Å². The van der Waals surface area contributed by atoms with E-state index in [1.807, 2.05) is 6.92 Å². The number of aromatic amines is 1. The minimum absolute atomic E-state index is 0.258. The minimum atomic E-state index is -0.519. The number of anilines is 1. The van der Waals surface area contributed by atoms with Gasteiger partial charge in [0, 0.05) is 18.7 Å². The smallest absolute Gasteiger partial charge is 0.307 e. The number of carbonyl (C=O) groups excluding carboxylic acids is 1. The molecule has 0 fully saturated rings. The molecule has 0 bridgehead atoms. The second-order valence-corrected chi connectivity index (χ2v) is 6.99. The zero-order valence-electron chi connectivity index (χ0n) is 15.7.